The van der Waals surface area contributed by atoms with Crippen molar-refractivity contribution in [1.29, 1.82) is 0 Å². The van der Waals surface area contributed by atoms with E-state index in [1.165, 1.54) is 0 Å². The lowest BCUT2D eigenvalue weighted by Gasteiger charge is -2.33. The molecule has 0 aromatic heterocycles. The monoisotopic (exact) mass is 415 g/mol. The van der Waals surface area contributed by atoms with Crippen LogP contribution in [0.4, 0.5) is 4.79 Å². The minimum Gasteiger partial charge on any atom is -0.462 e. The summed E-state index contributed by atoms with van der Waals surface area (Å²) in [5, 5.41) is 0. The van der Waals surface area contributed by atoms with E-state index in [-0.39, 0.29) is 24.1 Å². The zero-order valence-electron chi connectivity index (χ0n) is 18.8. The van der Waals surface area contributed by atoms with Crippen molar-refractivity contribution in [1.82, 2.24) is 4.90 Å². The number of hydrogen-bond acceptors (Lipinski definition) is 4. The van der Waals surface area contributed by atoms with Gasteiger partial charge < -0.3 is 14.4 Å². The molecule has 1 saturated heterocycles. The fraction of sp³-hybridized carbons (Fsp3) is 0.680. The number of amides is 1. The number of rotatable bonds is 6. The molecule has 0 N–H and O–H groups in total. The molecule has 1 amide bonds. The van der Waals surface area contributed by atoms with Gasteiger partial charge in [-0.25, -0.2) is 4.79 Å². The Morgan fingerprint density at radius 2 is 1.67 bits per heavy atom. The van der Waals surface area contributed by atoms with Gasteiger partial charge in [0.25, 0.3) is 0 Å². The quantitative estimate of drug-likeness (QED) is 0.561. The summed E-state index contributed by atoms with van der Waals surface area (Å²) >= 11 is 0. The number of carbonyl (C=O) groups excluding carboxylic acids is 2. The van der Waals surface area contributed by atoms with Gasteiger partial charge in [-0.2, -0.15) is 0 Å². The molecule has 5 heteroatoms. The highest BCUT2D eigenvalue weighted by molar-refractivity contribution is 5.78. The number of carbonyl (C=O) groups is 2. The van der Waals surface area contributed by atoms with E-state index in [1.807, 2.05) is 56.0 Å². The van der Waals surface area contributed by atoms with Gasteiger partial charge in [-0.1, -0.05) is 30.3 Å². The molecule has 0 radical (unpaired) electrons. The van der Waals surface area contributed by atoms with Crippen molar-refractivity contribution in [3.05, 3.63) is 35.9 Å². The topological polar surface area (TPSA) is 55.8 Å². The summed E-state index contributed by atoms with van der Waals surface area (Å²) in [5.41, 5.74) is 0.586. The molecule has 1 aromatic carbocycles. The van der Waals surface area contributed by atoms with Gasteiger partial charge >= 0.3 is 12.1 Å². The highest BCUT2D eigenvalue weighted by Gasteiger charge is 2.30. The lowest BCUT2D eigenvalue weighted by Crippen LogP contribution is -2.41. The molecule has 5 nitrogen and oxygen atoms in total. The van der Waals surface area contributed by atoms with Crippen LogP contribution in [-0.2, 0) is 14.3 Å². The maximum atomic E-state index is 13.0. The second-order valence-corrected chi connectivity index (χ2v) is 9.79. The summed E-state index contributed by atoms with van der Waals surface area (Å²) in [6, 6.07) is 10.0. The van der Waals surface area contributed by atoms with Crippen LogP contribution >= 0.6 is 0 Å². The van der Waals surface area contributed by atoms with E-state index in [9.17, 15) is 9.59 Å². The van der Waals surface area contributed by atoms with E-state index in [2.05, 4.69) is 0 Å². The maximum absolute atomic E-state index is 13.0. The Morgan fingerprint density at radius 3 is 2.27 bits per heavy atom. The van der Waals surface area contributed by atoms with Crippen LogP contribution in [0.15, 0.2) is 30.3 Å². The molecule has 1 aliphatic heterocycles. The van der Waals surface area contributed by atoms with Crippen molar-refractivity contribution >= 4 is 12.1 Å². The molecule has 3 rings (SSSR count). The number of ether oxygens (including phenoxy) is 2. The fourth-order valence-electron chi connectivity index (χ4n) is 4.49. The van der Waals surface area contributed by atoms with Gasteiger partial charge in [0.2, 0.25) is 0 Å². The SMILES string of the molecule is CC(C)(C)OC(=O)N1CCC(CC[C@H](C(=O)OC2CCCC2)c2ccccc2)CC1. The van der Waals surface area contributed by atoms with E-state index in [0.717, 1.165) is 70.0 Å². The van der Waals surface area contributed by atoms with Crippen LogP contribution in [0.2, 0.25) is 0 Å². The van der Waals surface area contributed by atoms with E-state index in [0.29, 0.717) is 5.92 Å². The largest absolute Gasteiger partial charge is 0.462 e. The number of nitrogens with zero attached hydrogens (tertiary/aromatic N) is 1. The number of esters is 1. The zero-order valence-corrected chi connectivity index (χ0v) is 18.8. The standard InChI is InChI=1S/C25H37NO4/c1-25(2,3)30-24(28)26-17-15-19(16-18-26)13-14-22(20-9-5-4-6-10-20)23(27)29-21-11-7-8-12-21/h4-6,9-10,19,21-22H,7-8,11-18H2,1-3H3/t22-/m0/s1. The van der Waals surface area contributed by atoms with Gasteiger partial charge in [0, 0.05) is 13.1 Å². The Labute approximate surface area is 181 Å². The third kappa shape index (κ3) is 6.75. The molecule has 1 atom stereocenters. The molecule has 166 valence electrons. The first kappa shape index (κ1) is 22.6. The van der Waals surface area contributed by atoms with Crippen molar-refractivity contribution in [2.24, 2.45) is 5.92 Å². The lowest BCUT2D eigenvalue weighted by atomic mass is 9.86. The molecule has 0 spiro atoms. The second-order valence-electron chi connectivity index (χ2n) is 9.79. The van der Waals surface area contributed by atoms with Crippen molar-refractivity contribution in [3.8, 4) is 0 Å². The number of hydrogen-bond donors (Lipinski definition) is 0. The second kappa shape index (κ2) is 10.3. The Kier molecular flexibility index (Phi) is 7.79. The molecule has 0 bridgehead atoms. The fourth-order valence-corrected chi connectivity index (χ4v) is 4.49. The minimum absolute atomic E-state index is 0.0701. The van der Waals surface area contributed by atoms with Gasteiger partial charge in [-0.15, -0.1) is 0 Å². The summed E-state index contributed by atoms with van der Waals surface area (Å²) in [5.74, 6) is 0.254. The maximum Gasteiger partial charge on any atom is 0.410 e. The smallest absolute Gasteiger partial charge is 0.410 e. The molecule has 2 aliphatic rings. The van der Waals surface area contributed by atoms with E-state index in [4.69, 9.17) is 9.47 Å². The molecular weight excluding hydrogens is 378 g/mol. The highest BCUT2D eigenvalue weighted by Crippen LogP contribution is 2.31. The van der Waals surface area contributed by atoms with Crippen molar-refractivity contribution in [2.45, 2.75) is 89.8 Å². The molecular formula is C25H37NO4. The first-order chi connectivity index (χ1) is 14.3. The summed E-state index contributed by atoms with van der Waals surface area (Å²) in [6.45, 7) is 7.13. The van der Waals surface area contributed by atoms with E-state index < -0.39 is 5.60 Å². The van der Waals surface area contributed by atoms with Crippen LogP contribution in [0.1, 0.15) is 83.6 Å². The van der Waals surface area contributed by atoms with Gasteiger partial charge in [-0.05, 0) is 83.6 Å². The van der Waals surface area contributed by atoms with Crippen LogP contribution in [0.5, 0.6) is 0 Å². The first-order valence-corrected chi connectivity index (χ1v) is 11.5. The molecule has 1 aliphatic carbocycles. The third-order valence-corrected chi connectivity index (χ3v) is 6.20. The average molecular weight is 416 g/mol. The Hall–Kier alpha value is -2.04. The zero-order chi connectivity index (χ0) is 21.6. The molecule has 1 heterocycles. The summed E-state index contributed by atoms with van der Waals surface area (Å²) < 4.78 is 11.3. The van der Waals surface area contributed by atoms with Gasteiger partial charge in [0.15, 0.2) is 0 Å². The normalized spacial score (nSPS) is 19.5. The summed E-state index contributed by atoms with van der Waals surface area (Å²) in [7, 11) is 0. The lowest BCUT2D eigenvalue weighted by molar-refractivity contribution is -0.150. The van der Waals surface area contributed by atoms with Gasteiger partial charge in [-0.3, -0.25) is 4.79 Å². The minimum atomic E-state index is -0.462. The van der Waals surface area contributed by atoms with Crippen molar-refractivity contribution in [2.75, 3.05) is 13.1 Å². The number of benzene rings is 1. The van der Waals surface area contributed by atoms with Crippen LogP contribution in [-0.4, -0.2) is 41.8 Å². The van der Waals surface area contributed by atoms with Crippen molar-refractivity contribution in [3.63, 3.8) is 0 Å². The molecule has 1 saturated carbocycles. The van der Waals surface area contributed by atoms with E-state index >= 15 is 0 Å². The molecule has 0 unspecified atom stereocenters. The van der Waals surface area contributed by atoms with Gasteiger partial charge in [0.1, 0.15) is 11.7 Å². The number of likely N-dealkylation sites (tertiary alicyclic amines) is 1. The third-order valence-electron chi connectivity index (χ3n) is 6.20. The predicted molar refractivity (Wildman–Crippen MR) is 117 cm³/mol. The summed E-state index contributed by atoms with van der Waals surface area (Å²) in [6.07, 6.45) is 7.87. The molecule has 2 fully saturated rings. The Bertz CT molecular complexity index is 683. The van der Waals surface area contributed by atoms with Crippen LogP contribution < -0.4 is 0 Å². The van der Waals surface area contributed by atoms with Crippen molar-refractivity contribution < 1.29 is 19.1 Å². The average Bonchev–Trinajstić information content (AvgIpc) is 3.21. The Balaban J connectivity index is 1.52. The van der Waals surface area contributed by atoms with Crippen LogP contribution in [0.25, 0.3) is 0 Å². The molecule has 30 heavy (non-hydrogen) atoms. The number of piperidine rings is 1. The van der Waals surface area contributed by atoms with E-state index in [1.54, 1.807) is 0 Å². The predicted octanol–water partition coefficient (Wildman–Crippen LogP) is 5.68. The summed E-state index contributed by atoms with van der Waals surface area (Å²) in [4.78, 5) is 27.0. The first-order valence-electron chi connectivity index (χ1n) is 11.5. The van der Waals surface area contributed by atoms with Crippen LogP contribution in [0, 0.1) is 5.92 Å². The Morgan fingerprint density at radius 1 is 1.03 bits per heavy atom. The highest BCUT2D eigenvalue weighted by atomic mass is 16.6. The van der Waals surface area contributed by atoms with Crippen LogP contribution in [0.3, 0.4) is 0 Å². The molecule has 1 aromatic rings. The van der Waals surface area contributed by atoms with Gasteiger partial charge in [0.05, 0.1) is 5.92 Å².